The van der Waals surface area contributed by atoms with Gasteiger partial charge in [0, 0.05) is 26.4 Å². The van der Waals surface area contributed by atoms with E-state index < -0.39 is 5.97 Å². The first-order valence-corrected chi connectivity index (χ1v) is 6.58. The fourth-order valence-corrected chi connectivity index (χ4v) is 1.83. The largest absolute Gasteiger partial charge is 0.480 e. The molecule has 2 rings (SSSR count). The Morgan fingerprint density at radius 3 is 2.80 bits per heavy atom. The Bertz CT molecular complexity index is 484. The van der Waals surface area contributed by atoms with E-state index in [1.165, 1.54) is 4.90 Å². The van der Waals surface area contributed by atoms with Gasteiger partial charge in [-0.1, -0.05) is 5.16 Å². The van der Waals surface area contributed by atoms with Crippen LogP contribution in [0, 0.1) is 12.8 Å². The Balaban J connectivity index is 1.76. The van der Waals surface area contributed by atoms with E-state index in [-0.39, 0.29) is 12.6 Å². The zero-order chi connectivity index (χ0) is 14.5. The summed E-state index contributed by atoms with van der Waals surface area (Å²) in [5.74, 6) is 0.442. The topological polar surface area (TPSA) is 109 Å². The summed E-state index contributed by atoms with van der Waals surface area (Å²) < 4.78 is 4.82. The van der Waals surface area contributed by atoms with Gasteiger partial charge in [0.25, 0.3) is 0 Å². The lowest BCUT2D eigenvalue weighted by Gasteiger charge is -2.20. The Morgan fingerprint density at radius 2 is 2.25 bits per heavy atom. The number of carbonyl (C=O) groups excluding carboxylic acids is 1. The normalized spacial score (nSPS) is 14.1. The van der Waals surface area contributed by atoms with Crippen molar-refractivity contribution in [2.75, 3.05) is 19.6 Å². The van der Waals surface area contributed by atoms with Crippen LogP contribution in [-0.2, 0) is 11.2 Å². The predicted molar refractivity (Wildman–Crippen MR) is 68.1 cm³/mol. The summed E-state index contributed by atoms with van der Waals surface area (Å²) in [6, 6.07) is -0.362. The second-order valence-corrected chi connectivity index (χ2v) is 4.93. The molecular weight excluding hydrogens is 264 g/mol. The SMILES string of the molecule is Cc1nc(CCNC(=O)N(CC(=O)O)CC2CC2)no1. The highest BCUT2D eigenvalue weighted by molar-refractivity contribution is 5.80. The van der Waals surface area contributed by atoms with Crippen molar-refractivity contribution in [1.29, 1.82) is 0 Å². The first-order chi connectivity index (χ1) is 9.54. The van der Waals surface area contributed by atoms with Gasteiger partial charge in [-0.3, -0.25) is 4.79 Å². The molecule has 0 bridgehead atoms. The summed E-state index contributed by atoms with van der Waals surface area (Å²) in [6.07, 6.45) is 2.57. The molecule has 1 heterocycles. The zero-order valence-corrected chi connectivity index (χ0v) is 11.3. The predicted octanol–water partition coefficient (Wildman–Crippen LogP) is 0.427. The number of nitrogens with one attached hydrogen (secondary N) is 1. The van der Waals surface area contributed by atoms with Gasteiger partial charge in [0.1, 0.15) is 6.54 Å². The molecule has 0 spiro atoms. The molecule has 0 aliphatic heterocycles. The number of carbonyl (C=O) groups is 2. The van der Waals surface area contributed by atoms with Gasteiger partial charge in [0.15, 0.2) is 5.82 Å². The van der Waals surface area contributed by atoms with Crippen molar-refractivity contribution in [1.82, 2.24) is 20.4 Å². The van der Waals surface area contributed by atoms with Gasteiger partial charge in [-0.2, -0.15) is 4.98 Å². The van der Waals surface area contributed by atoms with Crippen LogP contribution in [0.15, 0.2) is 4.52 Å². The number of nitrogens with zero attached hydrogens (tertiary/aromatic N) is 3. The van der Waals surface area contributed by atoms with Crippen LogP contribution >= 0.6 is 0 Å². The zero-order valence-electron chi connectivity index (χ0n) is 11.3. The monoisotopic (exact) mass is 282 g/mol. The molecule has 8 heteroatoms. The number of urea groups is 1. The van der Waals surface area contributed by atoms with E-state index in [1.807, 2.05) is 0 Å². The second kappa shape index (κ2) is 6.36. The molecule has 8 nitrogen and oxygen atoms in total. The van der Waals surface area contributed by atoms with Crippen molar-refractivity contribution in [3.8, 4) is 0 Å². The van der Waals surface area contributed by atoms with Crippen LogP contribution < -0.4 is 5.32 Å². The van der Waals surface area contributed by atoms with E-state index in [1.54, 1.807) is 6.92 Å². The Hall–Kier alpha value is -2.12. The molecule has 0 saturated heterocycles. The Morgan fingerprint density at radius 1 is 1.50 bits per heavy atom. The van der Waals surface area contributed by atoms with E-state index >= 15 is 0 Å². The molecule has 1 aromatic heterocycles. The molecular formula is C12H18N4O4. The summed E-state index contributed by atoms with van der Waals surface area (Å²) in [5, 5.41) is 15.2. The van der Waals surface area contributed by atoms with Gasteiger partial charge in [-0.25, -0.2) is 4.79 Å². The maximum Gasteiger partial charge on any atom is 0.323 e. The molecule has 0 atom stereocenters. The van der Waals surface area contributed by atoms with Crippen LogP contribution in [0.2, 0.25) is 0 Å². The number of hydrogen-bond acceptors (Lipinski definition) is 5. The van der Waals surface area contributed by atoms with E-state index in [0.29, 0.717) is 37.1 Å². The summed E-state index contributed by atoms with van der Waals surface area (Å²) in [5.41, 5.74) is 0. The first-order valence-electron chi connectivity index (χ1n) is 6.58. The minimum atomic E-state index is -1.01. The third kappa shape index (κ3) is 4.52. The minimum absolute atomic E-state index is 0.274. The molecule has 2 N–H and O–H groups in total. The highest BCUT2D eigenvalue weighted by atomic mass is 16.5. The Kier molecular flexibility index (Phi) is 4.54. The van der Waals surface area contributed by atoms with Crippen molar-refractivity contribution in [2.24, 2.45) is 5.92 Å². The van der Waals surface area contributed by atoms with E-state index in [0.717, 1.165) is 12.8 Å². The average molecular weight is 282 g/mol. The van der Waals surface area contributed by atoms with Gasteiger partial charge in [-0.15, -0.1) is 0 Å². The molecule has 0 unspecified atom stereocenters. The molecule has 2 amide bonds. The average Bonchev–Trinajstić information content (AvgIpc) is 3.09. The minimum Gasteiger partial charge on any atom is -0.480 e. The second-order valence-electron chi connectivity index (χ2n) is 4.93. The maximum atomic E-state index is 11.9. The number of aliphatic carboxylic acids is 1. The lowest BCUT2D eigenvalue weighted by molar-refractivity contribution is -0.137. The molecule has 1 fully saturated rings. The summed E-state index contributed by atoms with van der Waals surface area (Å²) >= 11 is 0. The van der Waals surface area contributed by atoms with E-state index in [2.05, 4.69) is 15.5 Å². The molecule has 1 aliphatic carbocycles. The van der Waals surface area contributed by atoms with Crippen molar-refractivity contribution >= 4 is 12.0 Å². The molecule has 0 radical (unpaired) electrons. The molecule has 1 saturated carbocycles. The van der Waals surface area contributed by atoms with Gasteiger partial charge in [0.05, 0.1) is 0 Å². The highest BCUT2D eigenvalue weighted by Gasteiger charge is 2.27. The Labute approximate surface area is 116 Å². The number of aryl methyl sites for hydroxylation is 1. The van der Waals surface area contributed by atoms with Gasteiger partial charge in [-0.05, 0) is 18.8 Å². The third-order valence-corrected chi connectivity index (χ3v) is 2.98. The quantitative estimate of drug-likeness (QED) is 0.750. The third-order valence-electron chi connectivity index (χ3n) is 2.98. The van der Waals surface area contributed by atoms with Crippen LogP contribution in [0.5, 0.6) is 0 Å². The van der Waals surface area contributed by atoms with Crippen LogP contribution in [0.3, 0.4) is 0 Å². The van der Waals surface area contributed by atoms with Gasteiger partial charge in [0.2, 0.25) is 5.89 Å². The van der Waals surface area contributed by atoms with Crippen LogP contribution in [0.4, 0.5) is 4.79 Å². The lowest BCUT2D eigenvalue weighted by atomic mass is 10.3. The van der Waals surface area contributed by atoms with Gasteiger partial charge >= 0.3 is 12.0 Å². The summed E-state index contributed by atoms with van der Waals surface area (Å²) in [6.45, 7) is 2.26. The smallest absolute Gasteiger partial charge is 0.323 e. The number of carboxylic acids is 1. The fourth-order valence-electron chi connectivity index (χ4n) is 1.83. The molecule has 0 aromatic carbocycles. The van der Waals surface area contributed by atoms with Crippen molar-refractivity contribution in [3.63, 3.8) is 0 Å². The van der Waals surface area contributed by atoms with E-state index in [4.69, 9.17) is 9.63 Å². The molecule has 1 aliphatic rings. The number of amides is 2. The number of aromatic nitrogens is 2. The number of rotatable bonds is 7. The molecule has 1 aromatic rings. The molecule has 20 heavy (non-hydrogen) atoms. The maximum absolute atomic E-state index is 11.9. The first kappa shape index (κ1) is 14.3. The fraction of sp³-hybridized carbons (Fsp3) is 0.667. The van der Waals surface area contributed by atoms with Crippen LogP contribution in [0.25, 0.3) is 0 Å². The van der Waals surface area contributed by atoms with Crippen molar-refractivity contribution in [2.45, 2.75) is 26.2 Å². The number of carboxylic acid groups (broad SMARTS) is 1. The van der Waals surface area contributed by atoms with Crippen LogP contribution in [0.1, 0.15) is 24.6 Å². The number of hydrogen-bond donors (Lipinski definition) is 2. The summed E-state index contributed by atoms with van der Waals surface area (Å²) in [7, 11) is 0. The van der Waals surface area contributed by atoms with Crippen LogP contribution in [-0.4, -0.2) is 51.8 Å². The van der Waals surface area contributed by atoms with Gasteiger partial charge < -0.3 is 19.8 Å². The lowest BCUT2D eigenvalue weighted by Crippen LogP contribution is -2.44. The summed E-state index contributed by atoms with van der Waals surface area (Å²) in [4.78, 5) is 28.0. The highest BCUT2D eigenvalue weighted by Crippen LogP contribution is 2.29. The molecule has 110 valence electrons. The van der Waals surface area contributed by atoms with E-state index in [9.17, 15) is 9.59 Å². The van der Waals surface area contributed by atoms with Crippen molar-refractivity contribution < 1.29 is 19.2 Å². The standard InChI is InChI=1S/C12H18N4O4/c1-8-14-10(15-20-8)4-5-13-12(19)16(7-11(17)18)6-9-2-3-9/h9H,2-7H2,1H3,(H,13,19)(H,17,18). The van der Waals surface area contributed by atoms with Crippen molar-refractivity contribution in [3.05, 3.63) is 11.7 Å².